The summed E-state index contributed by atoms with van der Waals surface area (Å²) in [6, 6.07) is 11.2. The number of fused-ring (bicyclic) bond motifs is 1. The minimum absolute atomic E-state index is 0.00901. The van der Waals surface area contributed by atoms with Crippen molar-refractivity contribution in [2.24, 2.45) is 0 Å². The van der Waals surface area contributed by atoms with Gasteiger partial charge in [0.25, 0.3) is 5.91 Å². The normalized spacial score (nSPS) is 13.3. The van der Waals surface area contributed by atoms with Crippen molar-refractivity contribution in [1.29, 1.82) is 0 Å². The summed E-state index contributed by atoms with van der Waals surface area (Å²) in [7, 11) is 0. The SMILES string of the molecule is CCC(C)NC(=O)COC(=O)c1ccccc1C(=O)c1ccc2c(c1)OCCO2. The monoisotopic (exact) mass is 397 g/mol. The maximum atomic E-state index is 13.0. The van der Waals surface area contributed by atoms with Crippen molar-refractivity contribution in [2.45, 2.75) is 26.3 Å². The van der Waals surface area contributed by atoms with E-state index in [1.165, 1.54) is 6.07 Å². The van der Waals surface area contributed by atoms with Crippen LogP contribution in [0.2, 0.25) is 0 Å². The molecular formula is C22H23NO6. The average Bonchev–Trinajstić information content (AvgIpc) is 2.76. The number of nitrogens with one attached hydrogen (secondary N) is 1. The molecule has 0 saturated heterocycles. The topological polar surface area (TPSA) is 90.9 Å². The Hall–Kier alpha value is -3.35. The van der Waals surface area contributed by atoms with Crippen LogP contribution in [0.25, 0.3) is 0 Å². The zero-order chi connectivity index (χ0) is 20.8. The second kappa shape index (κ2) is 9.23. The number of ketones is 1. The van der Waals surface area contributed by atoms with Crippen molar-refractivity contribution in [2.75, 3.05) is 19.8 Å². The first-order valence-corrected chi connectivity index (χ1v) is 9.49. The van der Waals surface area contributed by atoms with Gasteiger partial charge < -0.3 is 19.5 Å². The van der Waals surface area contributed by atoms with Crippen molar-refractivity contribution in [3.8, 4) is 11.5 Å². The van der Waals surface area contributed by atoms with Crippen LogP contribution in [0, 0.1) is 0 Å². The molecule has 7 nitrogen and oxygen atoms in total. The van der Waals surface area contributed by atoms with Gasteiger partial charge >= 0.3 is 5.97 Å². The number of hydrogen-bond donors (Lipinski definition) is 1. The van der Waals surface area contributed by atoms with E-state index in [4.69, 9.17) is 14.2 Å². The Labute approximate surface area is 169 Å². The van der Waals surface area contributed by atoms with Crippen molar-refractivity contribution in [1.82, 2.24) is 5.32 Å². The van der Waals surface area contributed by atoms with Gasteiger partial charge in [-0.3, -0.25) is 9.59 Å². The molecule has 2 aromatic carbocycles. The van der Waals surface area contributed by atoms with E-state index >= 15 is 0 Å². The maximum Gasteiger partial charge on any atom is 0.339 e. The minimum atomic E-state index is -0.731. The molecule has 0 fully saturated rings. The highest BCUT2D eigenvalue weighted by atomic mass is 16.6. The molecule has 2 aromatic rings. The second-order valence-electron chi connectivity index (χ2n) is 6.69. The third kappa shape index (κ3) is 4.93. The highest BCUT2D eigenvalue weighted by Gasteiger charge is 2.22. The van der Waals surface area contributed by atoms with Gasteiger partial charge in [0, 0.05) is 17.2 Å². The van der Waals surface area contributed by atoms with Crippen LogP contribution < -0.4 is 14.8 Å². The Morgan fingerprint density at radius 2 is 1.72 bits per heavy atom. The third-order valence-electron chi connectivity index (χ3n) is 4.55. The van der Waals surface area contributed by atoms with E-state index in [9.17, 15) is 14.4 Å². The number of esters is 1. The first kappa shape index (κ1) is 20.4. The molecule has 3 rings (SSSR count). The summed E-state index contributed by atoms with van der Waals surface area (Å²) in [5.74, 6) is -0.399. The van der Waals surface area contributed by atoms with Gasteiger partial charge in [-0.25, -0.2) is 4.79 Å². The second-order valence-corrected chi connectivity index (χ2v) is 6.69. The summed E-state index contributed by atoms with van der Waals surface area (Å²) in [4.78, 5) is 37.3. The lowest BCUT2D eigenvalue weighted by Crippen LogP contribution is -2.35. The molecule has 1 unspecified atom stereocenters. The molecule has 0 bridgehead atoms. The standard InChI is InChI=1S/C22H23NO6/c1-3-14(2)23-20(24)13-29-22(26)17-7-5-4-6-16(17)21(25)15-8-9-18-19(12-15)28-11-10-27-18/h4-9,12,14H,3,10-11,13H2,1-2H3,(H,23,24). The number of amides is 1. The van der Waals surface area contributed by atoms with Crippen LogP contribution >= 0.6 is 0 Å². The largest absolute Gasteiger partial charge is 0.486 e. The number of carbonyl (C=O) groups excluding carboxylic acids is 3. The Bertz CT molecular complexity index is 923. The lowest BCUT2D eigenvalue weighted by Gasteiger charge is -2.18. The molecule has 1 aliphatic rings. The van der Waals surface area contributed by atoms with E-state index in [0.717, 1.165) is 6.42 Å². The van der Waals surface area contributed by atoms with E-state index in [1.54, 1.807) is 36.4 Å². The van der Waals surface area contributed by atoms with Crippen LogP contribution in [0.1, 0.15) is 46.5 Å². The molecular weight excluding hydrogens is 374 g/mol. The summed E-state index contributed by atoms with van der Waals surface area (Å²) in [6.07, 6.45) is 0.770. The minimum Gasteiger partial charge on any atom is -0.486 e. The third-order valence-corrected chi connectivity index (χ3v) is 4.55. The van der Waals surface area contributed by atoms with Crippen LogP contribution in [-0.4, -0.2) is 43.5 Å². The van der Waals surface area contributed by atoms with E-state index < -0.39 is 12.6 Å². The number of rotatable bonds is 7. The molecule has 29 heavy (non-hydrogen) atoms. The van der Waals surface area contributed by atoms with Crippen LogP contribution in [0.5, 0.6) is 11.5 Å². The van der Waals surface area contributed by atoms with Crippen LogP contribution in [-0.2, 0) is 9.53 Å². The zero-order valence-electron chi connectivity index (χ0n) is 16.4. The summed E-state index contributed by atoms with van der Waals surface area (Å²) in [5.41, 5.74) is 0.657. The summed E-state index contributed by atoms with van der Waals surface area (Å²) >= 11 is 0. The molecule has 1 amide bonds. The quantitative estimate of drug-likeness (QED) is 0.571. The first-order chi connectivity index (χ1) is 14.0. The Balaban J connectivity index is 1.75. The van der Waals surface area contributed by atoms with E-state index in [1.807, 2.05) is 13.8 Å². The van der Waals surface area contributed by atoms with E-state index in [2.05, 4.69) is 5.32 Å². The first-order valence-electron chi connectivity index (χ1n) is 9.49. The molecule has 152 valence electrons. The number of carbonyl (C=O) groups is 3. The van der Waals surface area contributed by atoms with Crippen molar-refractivity contribution < 1.29 is 28.6 Å². The number of benzene rings is 2. The Morgan fingerprint density at radius 3 is 2.45 bits per heavy atom. The summed E-state index contributed by atoms with van der Waals surface area (Å²) < 4.78 is 16.1. The van der Waals surface area contributed by atoms with Gasteiger partial charge in [-0.1, -0.05) is 25.1 Å². The molecule has 7 heteroatoms. The molecule has 0 radical (unpaired) electrons. The van der Waals surface area contributed by atoms with Gasteiger partial charge in [0.2, 0.25) is 0 Å². The maximum absolute atomic E-state index is 13.0. The van der Waals surface area contributed by atoms with E-state index in [0.29, 0.717) is 30.3 Å². The zero-order valence-corrected chi connectivity index (χ0v) is 16.4. The van der Waals surface area contributed by atoms with Crippen molar-refractivity contribution in [3.63, 3.8) is 0 Å². The van der Waals surface area contributed by atoms with Crippen LogP contribution in [0.15, 0.2) is 42.5 Å². The van der Waals surface area contributed by atoms with Crippen LogP contribution in [0.3, 0.4) is 0 Å². The molecule has 1 heterocycles. The Morgan fingerprint density at radius 1 is 1.03 bits per heavy atom. The van der Waals surface area contributed by atoms with Gasteiger partial charge in [-0.05, 0) is 37.6 Å². The molecule has 0 aromatic heterocycles. The summed E-state index contributed by atoms with van der Waals surface area (Å²) in [5, 5.41) is 2.72. The fourth-order valence-corrected chi connectivity index (χ4v) is 2.83. The number of ether oxygens (including phenoxy) is 3. The predicted octanol–water partition coefficient (Wildman–Crippen LogP) is 2.76. The molecule has 1 atom stereocenters. The van der Waals surface area contributed by atoms with Gasteiger partial charge in [-0.2, -0.15) is 0 Å². The molecule has 0 spiro atoms. The highest BCUT2D eigenvalue weighted by Crippen LogP contribution is 2.31. The van der Waals surface area contributed by atoms with Gasteiger partial charge in [-0.15, -0.1) is 0 Å². The smallest absolute Gasteiger partial charge is 0.339 e. The summed E-state index contributed by atoms with van der Waals surface area (Å²) in [6.45, 7) is 4.26. The predicted molar refractivity (Wildman–Crippen MR) is 105 cm³/mol. The van der Waals surface area contributed by atoms with Crippen molar-refractivity contribution >= 4 is 17.7 Å². The fraction of sp³-hybridized carbons (Fsp3) is 0.318. The molecule has 1 aliphatic heterocycles. The molecule has 0 saturated carbocycles. The highest BCUT2D eigenvalue weighted by molar-refractivity contribution is 6.14. The fourth-order valence-electron chi connectivity index (χ4n) is 2.83. The molecule has 0 aliphatic carbocycles. The average molecular weight is 397 g/mol. The lowest BCUT2D eigenvalue weighted by atomic mass is 9.98. The van der Waals surface area contributed by atoms with Gasteiger partial charge in [0.05, 0.1) is 5.56 Å². The van der Waals surface area contributed by atoms with E-state index in [-0.39, 0.29) is 28.9 Å². The number of hydrogen-bond acceptors (Lipinski definition) is 6. The molecule has 1 N–H and O–H groups in total. The van der Waals surface area contributed by atoms with Crippen molar-refractivity contribution in [3.05, 3.63) is 59.2 Å². The Kier molecular flexibility index (Phi) is 6.49. The van der Waals surface area contributed by atoms with Gasteiger partial charge in [0.15, 0.2) is 23.9 Å². The van der Waals surface area contributed by atoms with Crippen LogP contribution in [0.4, 0.5) is 0 Å². The lowest BCUT2D eigenvalue weighted by molar-refractivity contribution is -0.124. The van der Waals surface area contributed by atoms with Gasteiger partial charge in [0.1, 0.15) is 13.2 Å².